The standard InChI is InChI=1S/C19H19F3N2O/c20-19(21,22)16-3-1-2-14-8-15(11-25)18(23-17(14)16)24(9-12-4-5-12)10-13-6-7-13/h1-3,8,11-13H,4-7,9-10H2. The number of carbonyl (C=O) groups excluding carboxylic acids is 1. The highest BCUT2D eigenvalue weighted by Crippen LogP contribution is 2.38. The van der Waals surface area contributed by atoms with E-state index in [1.165, 1.54) is 12.1 Å². The van der Waals surface area contributed by atoms with E-state index in [1.54, 1.807) is 6.07 Å². The van der Waals surface area contributed by atoms with Gasteiger partial charge in [0.2, 0.25) is 0 Å². The average molecular weight is 348 g/mol. The third kappa shape index (κ3) is 3.48. The van der Waals surface area contributed by atoms with Crippen LogP contribution in [0.25, 0.3) is 10.9 Å². The molecule has 25 heavy (non-hydrogen) atoms. The molecule has 0 amide bonds. The van der Waals surface area contributed by atoms with E-state index in [0.717, 1.165) is 44.8 Å². The minimum Gasteiger partial charge on any atom is -0.355 e. The number of halogens is 3. The number of alkyl halides is 3. The van der Waals surface area contributed by atoms with Crippen molar-refractivity contribution in [2.75, 3.05) is 18.0 Å². The molecule has 2 saturated carbocycles. The van der Waals surface area contributed by atoms with Gasteiger partial charge < -0.3 is 4.90 Å². The Balaban J connectivity index is 1.83. The van der Waals surface area contributed by atoms with Gasteiger partial charge in [0.05, 0.1) is 16.6 Å². The van der Waals surface area contributed by atoms with E-state index in [1.807, 2.05) is 4.90 Å². The molecule has 3 nitrogen and oxygen atoms in total. The first-order valence-electron chi connectivity index (χ1n) is 8.67. The number of aromatic nitrogens is 1. The summed E-state index contributed by atoms with van der Waals surface area (Å²) in [6.07, 6.45) is 0.787. The van der Waals surface area contributed by atoms with Crippen LogP contribution in [0.4, 0.5) is 19.0 Å². The quantitative estimate of drug-likeness (QED) is 0.710. The number of hydrogen-bond acceptors (Lipinski definition) is 3. The van der Waals surface area contributed by atoms with Gasteiger partial charge in [-0.25, -0.2) is 4.98 Å². The zero-order valence-corrected chi connectivity index (χ0v) is 13.7. The molecule has 0 atom stereocenters. The number of anilines is 1. The van der Waals surface area contributed by atoms with Gasteiger partial charge in [-0.15, -0.1) is 0 Å². The minimum atomic E-state index is -4.47. The fraction of sp³-hybridized carbons (Fsp3) is 0.474. The van der Waals surface area contributed by atoms with Crippen LogP contribution < -0.4 is 4.90 Å². The highest BCUT2D eigenvalue weighted by Gasteiger charge is 2.35. The molecule has 6 heteroatoms. The summed E-state index contributed by atoms with van der Waals surface area (Å²) in [4.78, 5) is 18.0. The van der Waals surface area contributed by atoms with Crippen LogP contribution in [-0.4, -0.2) is 24.4 Å². The van der Waals surface area contributed by atoms with Gasteiger partial charge in [0, 0.05) is 18.5 Å². The lowest BCUT2D eigenvalue weighted by atomic mass is 10.1. The van der Waals surface area contributed by atoms with E-state index < -0.39 is 11.7 Å². The molecule has 0 aliphatic heterocycles. The Morgan fingerprint density at radius 2 is 1.76 bits per heavy atom. The SMILES string of the molecule is O=Cc1cc2cccc(C(F)(F)F)c2nc1N(CC1CC1)CC1CC1. The smallest absolute Gasteiger partial charge is 0.355 e. The molecule has 2 aliphatic carbocycles. The molecular formula is C19H19F3N2O. The second-order valence-corrected chi connectivity index (χ2v) is 7.19. The lowest BCUT2D eigenvalue weighted by Crippen LogP contribution is -2.30. The van der Waals surface area contributed by atoms with Gasteiger partial charge in [0.1, 0.15) is 5.82 Å². The van der Waals surface area contributed by atoms with Crippen molar-refractivity contribution in [1.82, 2.24) is 4.98 Å². The maximum Gasteiger partial charge on any atom is 0.418 e. The Morgan fingerprint density at radius 3 is 2.28 bits per heavy atom. The highest BCUT2D eigenvalue weighted by molar-refractivity contribution is 5.93. The molecule has 2 fully saturated rings. The van der Waals surface area contributed by atoms with Gasteiger partial charge in [-0.05, 0) is 49.7 Å². The van der Waals surface area contributed by atoms with Crippen molar-refractivity contribution in [3.05, 3.63) is 35.4 Å². The number of hydrogen-bond donors (Lipinski definition) is 0. The van der Waals surface area contributed by atoms with Crippen molar-refractivity contribution in [3.63, 3.8) is 0 Å². The van der Waals surface area contributed by atoms with Gasteiger partial charge in [-0.3, -0.25) is 4.79 Å². The lowest BCUT2D eigenvalue weighted by molar-refractivity contribution is -0.136. The van der Waals surface area contributed by atoms with Gasteiger partial charge in [-0.2, -0.15) is 13.2 Å². The van der Waals surface area contributed by atoms with Gasteiger partial charge in [-0.1, -0.05) is 12.1 Å². The maximum atomic E-state index is 13.4. The van der Waals surface area contributed by atoms with Crippen LogP contribution in [0.5, 0.6) is 0 Å². The number of fused-ring (bicyclic) bond motifs is 1. The number of aldehydes is 1. The molecule has 2 aromatic rings. The van der Waals surface area contributed by atoms with Crippen molar-refractivity contribution >= 4 is 23.0 Å². The number of nitrogens with zero attached hydrogens (tertiary/aromatic N) is 2. The number of benzene rings is 1. The van der Waals surface area contributed by atoms with E-state index in [4.69, 9.17) is 0 Å². The number of carbonyl (C=O) groups is 1. The van der Waals surface area contributed by atoms with E-state index in [2.05, 4.69) is 4.98 Å². The number of rotatable bonds is 6. The third-order valence-corrected chi connectivity index (χ3v) is 4.94. The molecule has 1 aromatic carbocycles. The zero-order chi connectivity index (χ0) is 17.6. The van der Waals surface area contributed by atoms with Crippen molar-refractivity contribution in [2.24, 2.45) is 11.8 Å². The Morgan fingerprint density at radius 1 is 1.12 bits per heavy atom. The Labute approximate surface area is 143 Å². The first kappa shape index (κ1) is 16.4. The summed E-state index contributed by atoms with van der Waals surface area (Å²) < 4.78 is 40.1. The minimum absolute atomic E-state index is 0.0767. The molecule has 2 aliphatic rings. The predicted octanol–water partition coefficient (Wildman–Crippen LogP) is 4.69. The molecule has 132 valence electrons. The van der Waals surface area contributed by atoms with E-state index >= 15 is 0 Å². The van der Waals surface area contributed by atoms with Gasteiger partial charge >= 0.3 is 6.18 Å². The van der Waals surface area contributed by atoms with Crippen molar-refractivity contribution in [1.29, 1.82) is 0 Å². The van der Waals surface area contributed by atoms with Crippen molar-refractivity contribution < 1.29 is 18.0 Å². The molecule has 1 heterocycles. The Bertz CT molecular complexity index is 796. The van der Waals surface area contributed by atoms with Crippen LogP contribution in [-0.2, 0) is 6.18 Å². The summed E-state index contributed by atoms with van der Waals surface area (Å²) in [5, 5.41) is 0.346. The fourth-order valence-corrected chi connectivity index (χ4v) is 3.25. The van der Waals surface area contributed by atoms with E-state index in [0.29, 0.717) is 34.9 Å². The van der Waals surface area contributed by atoms with Crippen LogP contribution in [0.1, 0.15) is 41.6 Å². The van der Waals surface area contributed by atoms with Crippen LogP contribution in [0.15, 0.2) is 24.3 Å². The topological polar surface area (TPSA) is 33.2 Å². The maximum absolute atomic E-state index is 13.4. The molecule has 0 N–H and O–H groups in total. The first-order valence-corrected chi connectivity index (χ1v) is 8.67. The van der Waals surface area contributed by atoms with Crippen LogP contribution >= 0.6 is 0 Å². The molecule has 4 rings (SSSR count). The fourth-order valence-electron chi connectivity index (χ4n) is 3.25. The third-order valence-electron chi connectivity index (χ3n) is 4.94. The van der Waals surface area contributed by atoms with Crippen molar-refractivity contribution in [2.45, 2.75) is 31.9 Å². The van der Waals surface area contributed by atoms with Crippen molar-refractivity contribution in [3.8, 4) is 0 Å². The highest BCUT2D eigenvalue weighted by atomic mass is 19.4. The molecular weight excluding hydrogens is 329 g/mol. The summed E-state index contributed by atoms with van der Waals surface area (Å²) in [5.74, 6) is 1.53. The Kier molecular flexibility index (Phi) is 3.93. The van der Waals surface area contributed by atoms with E-state index in [9.17, 15) is 18.0 Å². The molecule has 0 spiro atoms. The summed E-state index contributed by atoms with van der Waals surface area (Å²) in [6, 6.07) is 5.51. The largest absolute Gasteiger partial charge is 0.418 e. The summed E-state index contributed by atoms with van der Waals surface area (Å²) in [5.41, 5.74) is -0.457. The predicted molar refractivity (Wildman–Crippen MR) is 89.8 cm³/mol. The number of pyridine rings is 1. The van der Waals surface area contributed by atoms with Crippen LogP contribution in [0, 0.1) is 11.8 Å². The van der Waals surface area contributed by atoms with Crippen LogP contribution in [0.2, 0.25) is 0 Å². The lowest BCUT2D eigenvalue weighted by Gasteiger charge is -2.26. The molecule has 0 unspecified atom stereocenters. The summed E-state index contributed by atoms with van der Waals surface area (Å²) in [6.45, 7) is 1.54. The first-order chi connectivity index (χ1) is 12.0. The van der Waals surface area contributed by atoms with E-state index in [-0.39, 0.29) is 5.52 Å². The molecule has 0 radical (unpaired) electrons. The van der Waals surface area contributed by atoms with Crippen LogP contribution in [0.3, 0.4) is 0 Å². The average Bonchev–Trinajstić information content (AvgIpc) is 3.47. The second-order valence-electron chi connectivity index (χ2n) is 7.19. The Hall–Kier alpha value is -2.11. The normalized spacial score (nSPS) is 17.7. The second kappa shape index (κ2) is 6.00. The zero-order valence-electron chi connectivity index (χ0n) is 13.7. The summed E-state index contributed by atoms with van der Waals surface area (Å²) >= 11 is 0. The molecule has 0 bridgehead atoms. The summed E-state index contributed by atoms with van der Waals surface area (Å²) in [7, 11) is 0. The molecule has 0 saturated heterocycles. The van der Waals surface area contributed by atoms with Gasteiger partial charge in [0.15, 0.2) is 6.29 Å². The number of para-hydroxylation sites is 1. The van der Waals surface area contributed by atoms with Gasteiger partial charge in [0.25, 0.3) is 0 Å². The monoisotopic (exact) mass is 348 g/mol. The molecule has 1 aromatic heterocycles.